The molecule has 0 spiro atoms. The summed E-state index contributed by atoms with van der Waals surface area (Å²) in [6.07, 6.45) is 2.11. The summed E-state index contributed by atoms with van der Waals surface area (Å²) in [6.45, 7) is 4.97. The number of nitrogens with zero attached hydrogens (tertiary/aromatic N) is 1. The standard InChI is InChI=1S/C16H24N2O3S/c1-12-6-4-5-7-15(12)14-10-13(2)18(11-14)16(19)17-8-9-22(3,20)21/h4-7,13-14H,8-11H2,1-3H3,(H,17,19)/t13-,14-/m0/s1. The van der Waals surface area contributed by atoms with Gasteiger partial charge in [0, 0.05) is 31.3 Å². The van der Waals surface area contributed by atoms with Crippen LogP contribution in [0, 0.1) is 6.92 Å². The average molecular weight is 324 g/mol. The normalized spacial score (nSPS) is 21.9. The Bertz CT molecular complexity index is 643. The summed E-state index contributed by atoms with van der Waals surface area (Å²) in [6, 6.07) is 8.25. The first-order chi connectivity index (χ1) is 10.3. The molecule has 0 bridgehead atoms. The highest BCUT2D eigenvalue weighted by Gasteiger charge is 2.33. The fourth-order valence-electron chi connectivity index (χ4n) is 3.03. The molecule has 1 aliphatic rings. The van der Waals surface area contributed by atoms with Crippen molar-refractivity contribution in [3.05, 3.63) is 35.4 Å². The Morgan fingerprint density at radius 1 is 1.36 bits per heavy atom. The van der Waals surface area contributed by atoms with Crippen molar-refractivity contribution >= 4 is 15.9 Å². The minimum absolute atomic E-state index is 0.0256. The van der Waals surface area contributed by atoms with Crippen LogP contribution in [0.1, 0.15) is 30.4 Å². The number of likely N-dealkylation sites (tertiary alicyclic amines) is 1. The summed E-state index contributed by atoms with van der Waals surface area (Å²) in [7, 11) is -3.05. The lowest BCUT2D eigenvalue weighted by Crippen LogP contribution is -2.43. The number of sulfone groups is 1. The van der Waals surface area contributed by atoms with Crippen LogP contribution in [0.4, 0.5) is 4.79 Å². The number of rotatable bonds is 4. The van der Waals surface area contributed by atoms with E-state index in [1.165, 1.54) is 17.4 Å². The molecule has 1 aliphatic heterocycles. The van der Waals surface area contributed by atoms with Crippen LogP contribution in [-0.2, 0) is 9.84 Å². The molecule has 122 valence electrons. The molecule has 1 fully saturated rings. The first-order valence-corrected chi connectivity index (χ1v) is 9.61. The van der Waals surface area contributed by atoms with E-state index in [1.54, 1.807) is 4.90 Å². The molecule has 0 unspecified atom stereocenters. The largest absolute Gasteiger partial charge is 0.337 e. The van der Waals surface area contributed by atoms with Gasteiger partial charge < -0.3 is 10.2 Å². The molecule has 5 nitrogen and oxygen atoms in total. The number of hydrogen-bond acceptors (Lipinski definition) is 3. The molecule has 1 N–H and O–H groups in total. The minimum atomic E-state index is -3.05. The van der Waals surface area contributed by atoms with Gasteiger partial charge in [-0.3, -0.25) is 0 Å². The van der Waals surface area contributed by atoms with E-state index in [4.69, 9.17) is 0 Å². The number of nitrogens with one attached hydrogen (secondary N) is 1. The number of amides is 2. The van der Waals surface area contributed by atoms with Crippen LogP contribution in [0.2, 0.25) is 0 Å². The fourth-order valence-corrected chi connectivity index (χ4v) is 3.50. The molecule has 1 saturated heterocycles. The van der Waals surface area contributed by atoms with E-state index in [1.807, 2.05) is 19.1 Å². The SMILES string of the molecule is Cc1ccccc1[C@H]1C[C@H](C)N(C(=O)NCCS(C)(=O)=O)C1. The van der Waals surface area contributed by atoms with Crippen molar-refractivity contribution in [2.75, 3.05) is 25.1 Å². The van der Waals surface area contributed by atoms with Gasteiger partial charge in [0.25, 0.3) is 0 Å². The fraction of sp³-hybridized carbons (Fsp3) is 0.562. The van der Waals surface area contributed by atoms with E-state index < -0.39 is 9.84 Å². The smallest absolute Gasteiger partial charge is 0.317 e. The highest BCUT2D eigenvalue weighted by atomic mass is 32.2. The molecule has 22 heavy (non-hydrogen) atoms. The molecular weight excluding hydrogens is 300 g/mol. The maximum Gasteiger partial charge on any atom is 0.317 e. The number of benzene rings is 1. The summed E-state index contributed by atoms with van der Waals surface area (Å²) >= 11 is 0. The van der Waals surface area contributed by atoms with Crippen LogP contribution < -0.4 is 5.32 Å². The van der Waals surface area contributed by atoms with Crippen molar-refractivity contribution in [3.8, 4) is 0 Å². The van der Waals surface area contributed by atoms with Gasteiger partial charge in [-0.2, -0.15) is 0 Å². The maximum atomic E-state index is 12.2. The number of aryl methyl sites for hydroxylation is 1. The highest BCUT2D eigenvalue weighted by Crippen LogP contribution is 2.33. The zero-order valence-corrected chi connectivity index (χ0v) is 14.2. The highest BCUT2D eigenvalue weighted by molar-refractivity contribution is 7.90. The third kappa shape index (κ3) is 4.22. The van der Waals surface area contributed by atoms with E-state index in [0.29, 0.717) is 12.5 Å². The molecule has 0 aromatic heterocycles. The molecular formula is C16H24N2O3S. The van der Waals surface area contributed by atoms with Crippen LogP contribution in [0.15, 0.2) is 24.3 Å². The summed E-state index contributed by atoms with van der Waals surface area (Å²) in [5, 5.41) is 2.71. The van der Waals surface area contributed by atoms with Gasteiger partial charge in [-0.25, -0.2) is 13.2 Å². The molecule has 6 heteroatoms. The van der Waals surface area contributed by atoms with Gasteiger partial charge in [0.2, 0.25) is 0 Å². The number of carbonyl (C=O) groups excluding carboxylic acids is 1. The Kier molecular flexibility index (Phi) is 5.11. The summed E-state index contributed by atoms with van der Waals surface area (Å²) < 4.78 is 22.2. The quantitative estimate of drug-likeness (QED) is 0.920. The van der Waals surface area contributed by atoms with E-state index in [0.717, 1.165) is 6.42 Å². The van der Waals surface area contributed by atoms with Crippen molar-refractivity contribution in [2.45, 2.75) is 32.2 Å². The Balaban J connectivity index is 1.96. The van der Waals surface area contributed by atoms with Gasteiger partial charge in [-0.05, 0) is 31.4 Å². The lowest BCUT2D eigenvalue weighted by Gasteiger charge is -2.22. The van der Waals surface area contributed by atoms with E-state index in [-0.39, 0.29) is 24.4 Å². The van der Waals surface area contributed by atoms with Crippen molar-refractivity contribution in [3.63, 3.8) is 0 Å². The van der Waals surface area contributed by atoms with E-state index in [9.17, 15) is 13.2 Å². The lowest BCUT2D eigenvalue weighted by molar-refractivity contribution is 0.196. The second-order valence-corrected chi connectivity index (χ2v) is 8.41. The molecule has 1 heterocycles. The average Bonchev–Trinajstić information content (AvgIpc) is 2.79. The second-order valence-electron chi connectivity index (χ2n) is 6.15. The molecule has 0 saturated carbocycles. The molecule has 2 atom stereocenters. The first kappa shape index (κ1) is 16.8. The summed E-state index contributed by atoms with van der Waals surface area (Å²) in [5.74, 6) is 0.319. The summed E-state index contributed by atoms with van der Waals surface area (Å²) in [5.41, 5.74) is 2.54. The molecule has 0 aliphatic carbocycles. The van der Waals surface area contributed by atoms with Gasteiger partial charge in [0.1, 0.15) is 9.84 Å². The predicted molar refractivity (Wildman–Crippen MR) is 87.8 cm³/mol. The van der Waals surface area contributed by atoms with Crippen molar-refractivity contribution < 1.29 is 13.2 Å². The van der Waals surface area contributed by atoms with Gasteiger partial charge in [-0.1, -0.05) is 24.3 Å². The molecule has 2 amide bonds. The Labute approximate surface area is 132 Å². The third-order valence-corrected chi connectivity index (χ3v) is 5.16. The van der Waals surface area contributed by atoms with Crippen LogP contribution in [0.25, 0.3) is 0 Å². The first-order valence-electron chi connectivity index (χ1n) is 7.55. The van der Waals surface area contributed by atoms with Crippen LogP contribution in [0.3, 0.4) is 0 Å². The monoisotopic (exact) mass is 324 g/mol. The van der Waals surface area contributed by atoms with Gasteiger partial charge in [0.15, 0.2) is 0 Å². The zero-order chi connectivity index (χ0) is 16.3. The van der Waals surface area contributed by atoms with Gasteiger partial charge in [-0.15, -0.1) is 0 Å². The molecule has 2 rings (SSSR count). The molecule has 1 aromatic rings. The number of hydrogen-bond donors (Lipinski definition) is 1. The van der Waals surface area contributed by atoms with Crippen LogP contribution >= 0.6 is 0 Å². The maximum absolute atomic E-state index is 12.2. The lowest BCUT2D eigenvalue weighted by atomic mass is 9.93. The van der Waals surface area contributed by atoms with Crippen molar-refractivity contribution in [2.24, 2.45) is 0 Å². The number of urea groups is 1. The minimum Gasteiger partial charge on any atom is -0.337 e. The molecule has 0 radical (unpaired) electrons. The van der Waals surface area contributed by atoms with Crippen molar-refractivity contribution in [1.29, 1.82) is 0 Å². The summed E-state index contributed by atoms with van der Waals surface area (Å²) in [4.78, 5) is 14.0. The van der Waals surface area contributed by atoms with Crippen LogP contribution in [-0.4, -0.2) is 50.5 Å². The van der Waals surface area contributed by atoms with Crippen LogP contribution in [0.5, 0.6) is 0 Å². The topological polar surface area (TPSA) is 66.5 Å². The Morgan fingerprint density at radius 3 is 2.68 bits per heavy atom. The molecule has 1 aromatic carbocycles. The Morgan fingerprint density at radius 2 is 2.05 bits per heavy atom. The predicted octanol–water partition coefficient (Wildman–Crippen LogP) is 1.93. The van der Waals surface area contributed by atoms with Gasteiger partial charge in [0.05, 0.1) is 5.75 Å². The zero-order valence-electron chi connectivity index (χ0n) is 13.4. The van der Waals surface area contributed by atoms with E-state index in [2.05, 4.69) is 24.4 Å². The van der Waals surface area contributed by atoms with E-state index >= 15 is 0 Å². The Hall–Kier alpha value is -1.56. The van der Waals surface area contributed by atoms with Crippen molar-refractivity contribution in [1.82, 2.24) is 10.2 Å². The third-order valence-electron chi connectivity index (χ3n) is 4.21. The second kappa shape index (κ2) is 6.69. The number of carbonyl (C=O) groups is 1. The van der Waals surface area contributed by atoms with Gasteiger partial charge >= 0.3 is 6.03 Å².